The number of hydrogen-bond acceptors (Lipinski definition) is 4. The molecule has 2 nitrogen and oxygen atoms in total. The van der Waals surface area contributed by atoms with Gasteiger partial charge in [-0.25, -0.2) is 0 Å². The molecule has 0 aliphatic carbocycles. The van der Waals surface area contributed by atoms with Crippen LogP contribution in [-0.4, -0.2) is 17.6 Å². The highest BCUT2D eigenvalue weighted by Crippen LogP contribution is 2.36. The number of para-hydroxylation sites is 1. The van der Waals surface area contributed by atoms with Crippen LogP contribution in [0.1, 0.15) is 9.67 Å². The lowest BCUT2D eigenvalue weighted by Gasteiger charge is -2.24. The summed E-state index contributed by atoms with van der Waals surface area (Å²) in [4.78, 5) is 13.9. The van der Waals surface area contributed by atoms with Gasteiger partial charge in [0.15, 0.2) is 6.10 Å². The summed E-state index contributed by atoms with van der Waals surface area (Å²) in [6.07, 6.45) is -0.443. The lowest BCUT2D eigenvalue weighted by molar-refractivity contribution is 0.0819. The van der Waals surface area contributed by atoms with Crippen molar-refractivity contribution in [3.05, 3.63) is 45.6 Å². The van der Waals surface area contributed by atoms with Crippen molar-refractivity contribution in [2.24, 2.45) is 0 Å². The molecule has 0 bridgehead atoms. The van der Waals surface area contributed by atoms with E-state index < -0.39 is 6.10 Å². The molecule has 92 valence electrons. The number of thiophene rings is 1. The summed E-state index contributed by atoms with van der Waals surface area (Å²) in [5, 5.41) is 2.33. The average Bonchev–Trinajstić information content (AvgIpc) is 2.83. The van der Waals surface area contributed by atoms with E-state index in [9.17, 15) is 4.79 Å². The zero-order valence-electron chi connectivity index (χ0n) is 9.26. The fourth-order valence-electron chi connectivity index (χ4n) is 1.76. The van der Waals surface area contributed by atoms with E-state index in [2.05, 4.69) is 0 Å². The fourth-order valence-corrected chi connectivity index (χ4v) is 3.88. The van der Waals surface area contributed by atoms with Crippen molar-refractivity contribution in [1.29, 1.82) is 0 Å². The van der Waals surface area contributed by atoms with Crippen LogP contribution < -0.4 is 4.74 Å². The molecular weight excluding hydrogens is 288 g/mol. The van der Waals surface area contributed by atoms with Crippen molar-refractivity contribution in [3.8, 4) is 5.75 Å². The Labute approximate surface area is 118 Å². The van der Waals surface area contributed by atoms with Crippen molar-refractivity contribution >= 4 is 40.5 Å². The molecule has 2 aromatic rings. The first-order valence-electron chi connectivity index (χ1n) is 5.41. The molecule has 0 radical (unpaired) electrons. The second-order valence-corrected chi connectivity index (χ2v) is 6.21. The number of rotatable bonds is 2. The number of ether oxygens (including phenoxy) is 1. The Morgan fingerprint density at radius 1 is 1.33 bits per heavy atom. The molecule has 0 N–H and O–H groups in total. The maximum Gasteiger partial charge on any atom is 0.215 e. The van der Waals surface area contributed by atoms with Crippen molar-refractivity contribution < 1.29 is 9.53 Å². The minimum atomic E-state index is -0.443. The molecule has 0 saturated carbocycles. The number of carbonyl (C=O) groups excluding carboxylic acids is 1. The van der Waals surface area contributed by atoms with Gasteiger partial charge in [0.2, 0.25) is 5.78 Å². The van der Waals surface area contributed by atoms with Crippen molar-refractivity contribution in [2.75, 3.05) is 5.75 Å². The highest BCUT2D eigenvalue weighted by atomic mass is 35.5. The van der Waals surface area contributed by atoms with Crippen molar-refractivity contribution in [1.82, 2.24) is 0 Å². The largest absolute Gasteiger partial charge is 0.480 e. The van der Waals surface area contributed by atoms with Crippen molar-refractivity contribution in [2.45, 2.75) is 11.0 Å². The third kappa shape index (κ3) is 2.16. The molecular formula is C13H9ClO2S2. The summed E-state index contributed by atoms with van der Waals surface area (Å²) < 4.78 is 5.75. The van der Waals surface area contributed by atoms with Crippen LogP contribution in [0.3, 0.4) is 0 Å². The van der Waals surface area contributed by atoms with E-state index in [-0.39, 0.29) is 5.78 Å². The topological polar surface area (TPSA) is 26.3 Å². The number of thioether (sulfide) groups is 1. The van der Waals surface area contributed by atoms with Crippen LogP contribution in [-0.2, 0) is 0 Å². The van der Waals surface area contributed by atoms with Crippen LogP contribution >= 0.6 is 34.7 Å². The Morgan fingerprint density at radius 2 is 2.17 bits per heavy atom. The Bertz CT molecular complexity index is 594. The van der Waals surface area contributed by atoms with Gasteiger partial charge in [-0.1, -0.05) is 23.7 Å². The number of hydrogen-bond donors (Lipinski definition) is 0. The number of fused-ring (bicyclic) bond motifs is 1. The number of ketones is 1. The molecule has 1 unspecified atom stereocenters. The fraction of sp³-hybridized carbons (Fsp3) is 0.154. The molecule has 1 aliphatic heterocycles. The molecule has 0 spiro atoms. The third-order valence-corrected chi connectivity index (χ3v) is 5.12. The summed E-state index contributed by atoms with van der Waals surface area (Å²) >= 11 is 8.99. The van der Waals surface area contributed by atoms with Gasteiger partial charge in [0.1, 0.15) is 5.75 Å². The van der Waals surface area contributed by atoms with Crippen LogP contribution in [0.2, 0.25) is 5.02 Å². The second-order valence-electron chi connectivity index (χ2n) is 3.83. The summed E-state index contributed by atoms with van der Waals surface area (Å²) in [5.41, 5.74) is 0. The van der Waals surface area contributed by atoms with E-state index in [1.807, 2.05) is 29.6 Å². The second kappa shape index (κ2) is 4.96. The SMILES string of the molecule is O=C(c1sccc1Cl)C1CSc2ccccc2O1. The maximum absolute atomic E-state index is 12.3. The smallest absolute Gasteiger partial charge is 0.215 e. The summed E-state index contributed by atoms with van der Waals surface area (Å²) in [6, 6.07) is 9.50. The summed E-state index contributed by atoms with van der Waals surface area (Å²) in [7, 11) is 0. The van der Waals surface area contributed by atoms with Crippen molar-refractivity contribution in [3.63, 3.8) is 0 Å². The van der Waals surface area contributed by atoms with Crippen LogP contribution in [0.15, 0.2) is 40.6 Å². The molecule has 0 amide bonds. The molecule has 1 aliphatic rings. The van der Waals surface area contributed by atoms with Gasteiger partial charge < -0.3 is 4.74 Å². The Morgan fingerprint density at radius 3 is 2.94 bits per heavy atom. The predicted molar refractivity (Wildman–Crippen MR) is 75.2 cm³/mol. The van der Waals surface area contributed by atoms with Gasteiger partial charge in [0.05, 0.1) is 9.90 Å². The van der Waals surface area contributed by atoms with E-state index in [0.29, 0.717) is 15.7 Å². The monoisotopic (exact) mass is 296 g/mol. The molecule has 1 atom stereocenters. The first-order valence-corrected chi connectivity index (χ1v) is 7.66. The Balaban J connectivity index is 1.84. The molecule has 1 aromatic heterocycles. The van der Waals surface area contributed by atoms with Gasteiger partial charge >= 0.3 is 0 Å². The van der Waals surface area contributed by atoms with Gasteiger partial charge in [0, 0.05) is 10.6 Å². The quantitative estimate of drug-likeness (QED) is 0.779. The van der Waals surface area contributed by atoms with Gasteiger partial charge in [0.25, 0.3) is 0 Å². The minimum absolute atomic E-state index is 0.0306. The van der Waals surface area contributed by atoms with Gasteiger partial charge in [-0.3, -0.25) is 4.79 Å². The van der Waals surface area contributed by atoms with E-state index in [1.165, 1.54) is 11.3 Å². The number of Topliss-reactive ketones (excluding diaryl/α,β-unsaturated/α-hetero) is 1. The molecule has 5 heteroatoms. The molecule has 3 rings (SSSR count). The first kappa shape index (κ1) is 12.1. The van der Waals surface area contributed by atoms with Crippen LogP contribution in [0.4, 0.5) is 0 Å². The highest BCUT2D eigenvalue weighted by Gasteiger charge is 2.29. The van der Waals surface area contributed by atoms with Gasteiger partial charge in [-0.15, -0.1) is 23.1 Å². The van der Waals surface area contributed by atoms with Crippen LogP contribution in [0.5, 0.6) is 5.75 Å². The van der Waals surface area contributed by atoms with E-state index in [4.69, 9.17) is 16.3 Å². The van der Waals surface area contributed by atoms with Crippen LogP contribution in [0.25, 0.3) is 0 Å². The Kier molecular flexibility index (Phi) is 3.33. The molecule has 0 saturated heterocycles. The standard InChI is InChI=1S/C13H9ClO2S2/c14-8-5-6-17-13(8)12(15)10-7-18-11-4-2-1-3-9(11)16-10/h1-6,10H,7H2. The molecule has 2 heterocycles. The number of carbonyl (C=O) groups is 1. The molecule has 1 aromatic carbocycles. The zero-order chi connectivity index (χ0) is 12.5. The van der Waals surface area contributed by atoms with E-state index >= 15 is 0 Å². The minimum Gasteiger partial charge on any atom is -0.480 e. The summed E-state index contributed by atoms with van der Waals surface area (Å²) in [6.45, 7) is 0. The lowest BCUT2D eigenvalue weighted by atomic mass is 10.2. The maximum atomic E-state index is 12.3. The average molecular weight is 297 g/mol. The molecule has 18 heavy (non-hydrogen) atoms. The number of halogens is 1. The Hall–Kier alpha value is -0.970. The molecule has 0 fully saturated rings. The van der Waals surface area contributed by atoms with Gasteiger partial charge in [-0.05, 0) is 23.6 Å². The normalized spacial score (nSPS) is 17.9. The lowest BCUT2D eigenvalue weighted by Crippen LogP contribution is -2.31. The number of benzene rings is 1. The van der Waals surface area contributed by atoms with E-state index in [1.54, 1.807) is 17.8 Å². The highest BCUT2D eigenvalue weighted by molar-refractivity contribution is 7.99. The zero-order valence-corrected chi connectivity index (χ0v) is 11.6. The van der Waals surface area contributed by atoms with Gasteiger partial charge in [-0.2, -0.15) is 0 Å². The predicted octanol–water partition coefficient (Wildman–Crippen LogP) is 4.14. The van der Waals surface area contributed by atoms with E-state index in [0.717, 1.165) is 10.6 Å². The third-order valence-electron chi connectivity index (χ3n) is 2.64. The first-order chi connectivity index (χ1) is 8.75. The van der Waals surface area contributed by atoms with Crippen LogP contribution in [0, 0.1) is 0 Å². The summed E-state index contributed by atoms with van der Waals surface area (Å²) in [5.74, 6) is 1.38.